The van der Waals surface area contributed by atoms with Gasteiger partial charge in [0.15, 0.2) is 0 Å². The van der Waals surface area contributed by atoms with Gasteiger partial charge in [-0.15, -0.1) is 11.6 Å². The second-order valence-corrected chi connectivity index (χ2v) is 17.6. The van der Waals surface area contributed by atoms with Crippen LogP contribution in [0.15, 0.2) is 20.5 Å². The van der Waals surface area contributed by atoms with E-state index in [2.05, 4.69) is 39.3 Å². The normalized spacial score (nSPS) is 23.4. The van der Waals surface area contributed by atoms with Crippen molar-refractivity contribution in [3.8, 4) is 0 Å². The minimum Gasteiger partial charge on any atom is -0.112 e. The summed E-state index contributed by atoms with van der Waals surface area (Å²) >= 11 is 19.3. The molecule has 0 aromatic heterocycles. The SMILES string of the molecule is C[Si](C)(C)C1=C(Cl)C(Cl)C([Si](C)(C)C)=C1Cl. The van der Waals surface area contributed by atoms with Gasteiger partial charge in [0.05, 0.1) is 21.5 Å². The van der Waals surface area contributed by atoms with Crippen LogP contribution in [0.4, 0.5) is 0 Å². The van der Waals surface area contributed by atoms with E-state index in [9.17, 15) is 0 Å². The molecule has 16 heavy (non-hydrogen) atoms. The molecule has 1 rings (SSSR count). The van der Waals surface area contributed by atoms with Crippen molar-refractivity contribution >= 4 is 51.0 Å². The van der Waals surface area contributed by atoms with Crippen molar-refractivity contribution in [3.63, 3.8) is 0 Å². The Morgan fingerprint density at radius 2 is 1.31 bits per heavy atom. The first-order valence-corrected chi connectivity index (χ1v) is 13.6. The summed E-state index contributed by atoms with van der Waals surface area (Å²) in [5.74, 6) is 0. The van der Waals surface area contributed by atoms with E-state index in [1.165, 1.54) is 5.20 Å². The number of hydrogen-bond donors (Lipinski definition) is 0. The molecule has 0 amide bonds. The van der Waals surface area contributed by atoms with Crippen molar-refractivity contribution in [3.05, 3.63) is 20.5 Å². The molecule has 0 saturated heterocycles. The highest BCUT2D eigenvalue weighted by Gasteiger charge is 2.41. The minimum atomic E-state index is -1.52. The Labute approximate surface area is 116 Å². The molecule has 0 aliphatic heterocycles. The molecule has 92 valence electrons. The highest BCUT2D eigenvalue weighted by molar-refractivity contribution is 6.90. The van der Waals surface area contributed by atoms with Gasteiger partial charge in [0.1, 0.15) is 0 Å². The third-order valence-corrected chi connectivity index (χ3v) is 8.91. The van der Waals surface area contributed by atoms with Gasteiger partial charge < -0.3 is 0 Å². The topological polar surface area (TPSA) is 0 Å². The molecule has 0 heterocycles. The molecule has 0 spiro atoms. The van der Waals surface area contributed by atoms with Crippen LogP contribution in [0.1, 0.15) is 0 Å². The van der Waals surface area contributed by atoms with Crippen LogP contribution in [0.5, 0.6) is 0 Å². The molecule has 1 aliphatic rings. The van der Waals surface area contributed by atoms with E-state index in [1.807, 2.05) is 0 Å². The second kappa shape index (κ2) is 4.47. The molecule has 0 N–H and O–H groups in total. The summed E-state index contributed by atoms with van der Waals surface area (Å²) in [7, 11) is -3.02. The van der Waals surface area contributed by atoms with Crippen molar-refractivity contribution in [2.75, 3.05) is 0 Å². The predicted molar refractivity (Wildman–Crippen MR) is 82.1 cm³/mol. The van der Waals surface area contributed by atoms with Crippen molar-refractivity contribution in [1.82, 2.24) is 0 Å². The monoisotopic (exact) mass is 312 g/mol. The van der Waals surface area contributed by atoms with Gasteiger partial charge in [0.25, 0.3) is 0 Å². The van der Waals surface area contributed by atoms with E-state index in [0.717, 1.165) is 15.3 Å². The number of halogens is 3. The Morgan fingerprint density at radius 1 is 0.875 bits per heavy atom. The first kappa shape index (κ1) is 14.8. The van der Waals surface area contributed by atoms with Gasteiger partial charge in [-0.05, 0) is 10.4 Å². The van der Waals surface area contributed by atoms with Crippen molar-refractivity contribution in [2.45, 2.75) is 44.7 Å². The third kappa shape index (κ3) is 2.61. The average molecular weight is 314 g/mol. The summed E-state index contributed by atoms with van der Waals surface area (Å²) in [5.41, 5.74) is 0. The second-order valence-electron chi connectivity index (χ2n) is 6.31. The van der Waals surface area contributed by atoms with Crippen LogP contribution in [-0.4, -0.2) is 21.5 Å². The number of allylic oxidation sites excluding steroid dienone is 4. The summed E-state index contributed by atoms with van der Waals surface area (Å²) in [6.07, 6.45) is 0. The zero-order chi connectivity index (χ0) is 12.9. The summed E-state index contributed by atoms with van der Waals surface area (Å²) < 4.78 is 0. The fraction of sp³-hybridized carbons (Fsp3) is 0.636. The lowest BCUT2D eigenvalue weighted by Gasteiger charge is -2.23. The van der Waals surface area contributed by atoms with E-state index in [-0.39, 0.29) is 5.38 Å². The maximum atomic E-state index is 6.53. The van der Waals surface area contributed by atoms with Crippen molar-refractivity contribution < 1.29 is 0 Å². The van der Waals surface area contributed by atoms with Gasteiger partial charge in [-0.2, -0.15) is 0 Å². The lowest BCUT2D eigenvalue weighted by Crippen LogP contribution is -2.29. The van der Waals surface area contributed by atoms with Crippen LogP contribution in [0, 0.1) is 0 Å². The summed E-state index contributed by atoms with van der Waals surface area (Å²) in [4.78, 5) is 0. The first-order chi connectivity index (χ1) is 6.98. The molecule has 0 fully saturated rings. The molecule has 1 unspecified atom stereocenters. The summed E-state index contributed by atoms with van der Waals surface area (Å²) in [6, 6.07) is 0. The zero-order valence-electron chi connectivity index (χ0n) is 10.7. The number of alkyl halides is 1. The maximum absolute atomic E-state index is 6.53. The highest BCUT2D eigenvalue weighted by atomic mass is 35.5. The van der Waals surface area contributed by atoms with E-state index in [1.54, 1.807) is 0 Å². The molecule has 0 radical (unpaired) electrons. The van der Waals surface area contributed by atoms with Crippen LogP contribution in [0.25, 0.3) is 0 Å². The van der Waals surface area contributed by atoms with Gasteiger partial charge in [-0.25, -0.2) is 0 Å². The van der Waals surface area contributed by atoms with E-state index < -0.39 is 16.1 Å². The molecule has 0 saturated carbocycles. The van der Waals surface area contributed by atoms with Crippen LogP contribution in [-0.2, 0) is 0 Å². The molecular formula is C11H19Cl3Si2. The molecule has 0 bridgehead atoms. The Balaban J connectivity index is 3.37. The molecule has 1 aliphatic carbocycles. The zero-order valence-corrected chi connectivity index (χ0v) is 15.0. The molecule has 1 atom stereocenters. The van der Waals surface area contributed by atoms with Crippen molar-refractivity contribution in [2.24, 2.45) is 0 Å². The lowest BCUT2D eigenvalue weighted by molar-refractivity contribution is 1.32. The van der Waals surface area contributed by atoms with Gasteiger partial charge in [0, 0.05) is 10.1 Å². The van der Waals surface area contributed by atoms with Gasteiger partial charge in [-0.1, -0.05) is 62.5 Å². The molecular weight excluding hydrogens is 295 g/mol. The van der Waals surface area contributed by atoms with E-state index in [0.29, 0.717) is 0 Å². The maximum Gasteiger partial charge on any atom is 0.0883 e. The van der Waals surface area contributed by atoms with Crippen LogP contribution in [0.2, 0.25) is 39.3 Å². The van der Waals surface area contributed by atoms with Crippen LogP contribution >= 0.6 is 34.8 Å². The smallest absolute Gasteiger partial charge is 0.0883 e. The fourth-order valence-electron chi connectivity index (χ4n) is 2.00. The highest BCUT2D eigenvalue weighted by Crippen LogP contribution is 2.47. The Kier molecular flexibility index (Phi) is 4.15. The first-order valence-electron chi connectivity index (χ1n) is 5.42. The number of rotatable bonds is 2. The van der Waals surface area contributed by atoms with Crippen LogP contribution < -0.4 is 0 Å². The van der Waals surface area contributed by atoms with Gasteiger partial charge in [-0.3, -0.25) is 0 Å². The summed E-state index contributed by atoms with van der Waals surface area (Å²) in [5, 5.41) is 3.85. The fourth-order valence-corrected chi connectivity index (χ4v) is 9.92. The van der Waals surface area contributed by atoms with E-state index in [4.69, 9.17) is 34.8 Å². The Morgan fingerprint density at radius 3 is 1.50 bits per heavy atom. The van der Waals surface area contributed by atoms with Crippen molar-refractivity contribution in [1.29, 1.82) is 0 Å². The lowest BCUT2D eigenvalue weighted by atomic mass is 10.4. The molecule has 0 nitrogen and oxygen atoms in total. The van der Waals surface area contributed by atoms with Gasteiger partial charge >= 0.3 is 0 Å². The standard InChI is InChI=1S/C11H19Cl3Si2/c1-15(2,3)10-7(12)8(13)11(9(10)14)16(4,5)6/h7H,1-6H3. The Hall–Kier alpha value is 0.784. The van der Waals surface area contributed by atoms with Gasteiger partial charge in [0.2, 0.25) is 0 Å². The van der Waals surface area contributed by atoms with Crippen LogP contribution in [0.3, 0.4) is 0 Å². The predicted octanol–water partition coefficient (Wildman–Crippen LogP) is 5.35. The summed E-state index contributed by atoms with van der Waals surface area (Å²) in [6.45, 7) is 13.5. The van der Waals surface area contributed by atoms with E-state index >= 15 is 0 Å². The molecule has 5 heteroatoms. The molecule has 0 aromatic carbocycles. The largest absolute Gasteiger partial charge is 0.112 e. The molecule has 0 aromatic rings. The Bertz CT molecular complexity index is 370. The number of hydrogen-bond acceptors (Lipinski definition) is 0. The minimum absolute atomic E-state index is 0.178. The quantitative estimate of drug-likeness (QED) is 0.476. The average Bonchev–Trinajstić information content (AvgIpc) is 2.19. The third-order valence-electron chi connectivity index (χ3n) is 2.73.